The van der Waals surface area contributed by atoms with Crippen LogP contribution in [0.4, 0.5) is 0 Å². The van der Waals surface area contributed by atoms with Crippen molar-refractivity contribution in [2.24, 2.45) is 5.92 Å². The summed E-state index contributed by atoms with van der Waals surface area (Å²) >= 11 is 0. The fourth-order valence-corrected chi connectivity index (χ4v) is 2.03. The van der Waals surface area contributed by atoms with Gasteiger partial charge in [0.05, 0.1) is 0 Å². The van der Waals surface area contributed by atoms with E-state index in [0.717, 1.165) is 18.8 Å². The van der Waals surface area contributed by atoms with E-state index in [-0.39, 0.29) is 11.9 Å². The Labute approximate surface area is 81.1 Å². The first-order valence-electron chi connectivity index (χ1n) is 5.48. The van der Waals surface area contributed by atoms with Gasteiger partial charge < -0.3 is 5.32 Å². The van der Waals surface area contributed by atoms with Crippen LogP contribution in [-0.4, -0.2) is 11.9 Å². The lowest BCUT2D eigenvalue weighted by atomic mass is 10.0. The minimum atomic E-state index is 0.224. The van der Waals surface area contributed by atoms with E-state index in [9.17, 15) is 4.79 Å². The van der Waals surface area contributed by atoms with E-state index in [0.29, 0.717) is 0 Å². The van der Waals surface area contributed by atoms with Crippen LogP contribution in [-0.2, 0) is 4.79 Å². The number of nitrogens with one attached hydrogen (secondary N) is 1. The molecule has 0 aliphatic heterocycles. The highest BCUT2D eigenvalue weighted by Crippen LogP contribution is 2.28. The molecule has 1 rings (SSSR count). The average molecular weight is 183 g/mol. The second kappa shape index (κ2) is 5.25. The highest BCUT2D eigenvalue weighted by atomic mass is 16.1. The minimum Gasteiger partial charge on any atom is -0.354 e. The molecule has 0 atom stereocenters. The third-order valence-electron chi connectivity index (χ3n) is 2.70. The Bertz CT molecular complexity index is 159. The van der Waals surface area contributed by atoms with Gasteiger partial charge in [-0.25, -0.2) is 0 Å². The Morgan fingerprint density at radius 2 is 2.00 bits per heavy atom. The molecule has 1 amide bonds. The smallest absolute Gasteiger partial charge is 0.220 e. The molecule has 2 nitrogen and oxygen atoms in total. The lowest BCUT2D eigenvalue weighted by Crippen LogP contribution is -2.30. The zero-order chi connectivity index (χ0) is 9.68. The normalized spacial score (nSPS) is 18.1. The summed E-state index contributed by atoms with van der Waals surface area (Å²) in [5.74, 6) is 1.06. The first kappa shape index (κ1) is 10.6. The average Bonchev–Trinajstić information content (AvgIpc) is 2.51. The van der Waals surface area contributed by atoms with Gasteiger partial charge in [-0.05, 0) is 26.2 Å². The summed E-state index contributed by atoms with van der Waals surface area (Å²) in [5.41, 5.74) is 0. The molecule has 0 heterocycles. The van der Waals surface area contributed by atoms with Gasteiger partial charge in [0.1, 0.15) is 0 Å². The van der Waals surface area contributed by atoms with Crippen molar-refractivity contribution in [2.45, 2.75) is 58.4 Å². The van der Waals surface area contributed by atoms with Crippen molar-refractivity contribution in [3.63, 3.8) is 0 Å². The maximum atomic E-state index is 11.3. The molecule has 0 unspecified atom stereocenters. The second-order valence-electron chi connectivity index (χ2n) is 4.41. The van der Waals surface area contributed by atoms with Crippen molar-refractivity contribution in [1.29, 1.82) is 0 Å². The first-order chi connectivity index (χ1) is 6.18. The van der Waals surface area contributed by atoms with Gasteiger partial charge in [-0.2, -0.15) is 0 Å². The van der Waals surface area contributed by atoms with E-state index in [1.54, 1.807) is 0 Å². The van der Waals surface area contributed by atoms with E-state index < -0.39 is 0 Å². The van der Waals surface area contributed by atoms with E-state index >= 15 is 0 Å². The molecular weight excluding hydrogens is 162 g/mol. The van der Waals surface area contributed by atoms with Crippen LogP contribution in [0.1, 0.15) is 52.4 Å². The molecular formula is C11H21NO. The van der Waals surface area contributed by atoms with Crippen molar-refractivity contribution in [2.75, 3.05) is 0 Å². The molecule has 1 fully saturated rings. The first-order valence-corrected chi connectivity index (χ1v) is 5.48. The van der Waals surface area contributed by atoms with Crippen LogP contribution in [0.2, 0.25) is 0 Å². The van der Waals surface area contributed by atoms with Crippen LogP contribution in [0.3, 0.4) is 0 Å². The Kier molecular flexibility index (Phi) is 4.26. The number of rotatable bonds is 4. The SMILES string of the molecule is CC(C)NC(=O)CCC1CCCC1. The predicted octanol–water partition coefficient (Wildman–Crippen LogP) is 2.48. The zero-order valence-corrected chi connectivity index (χ0v) is 8.81. The van der Waals surface area contributed by atoms with E-state index in [1.807, 2.05) is 13.8 Å². The van der Waals surface area contributed by atoms with Crippen LogP contribution in [0.25, 0.3) is 0 Å². The fourth-order valence-electron chi connectivity index (χ4n) is 2.03. The van der Waals surface area contributed by atoms with Crippen molar-refractivity contribution in [3.8, 4) is 0 Å². The van der Waals surface area contributed by atoms with Gasteiger partial charge in [0.2, 0.25) is 5.91 Å². The van der Waals surface area contributed by atoms with Crippen molar-refractivity contribution >= 4 is 5.91 Å². The third-order valence-corrected chi connectivity index (χ3v) is 2.70. The summed E-state index contributed by atoms with van der Waals surface area (Å²) < 4.78 is 0. The van der Waals surface area contributed by atoms with Gasteiger partial charge in [-0.15, -0.1) is 0 Å². The van der Waals surface area contributed by atoms with E-state index in [1.165, 1.54) is 25.7 Å². The zero-order valence-electron chi connectivity index (χ0n) is 8.81. The molecule has 0 saturated heterocycles. The topological polar surface area (TPSA) is 29.1 Å². The quantitative estimate of drug-likeness (QED) is 0.712. The molecule has 0 radical (unpaired) electrons. The van der Waals surface area contributed by atoms with Gasteiger partial charge in [-0.1, -0.05) is 25.7 Å². The summed E-state index contributed by atoms with van der Waals surface area (Å²) in [6.45, 7) is 4.01. The lowest BCUT2D eigenvalue weighted by molar-refractivity contribution is -0.121. The van der Waals surface area contributed by atoms with Crippen molar-refractivity contribution in [1.82, 2.24) is 5.32 Å². The number of carbonyl (C=O) groups excluding carboxylic acids is 1. The van der Waals surface area contributed by atoms with Gasteiger partial charge in [-0.3, -0.25) is 4.79 Å². The van der Waals surface area contributed by atoms with Crippen LogP contribution in [0, 0.1) is 5.92 Å². The van der Waals surface area contributed by atoms with Crippen LogP contribution < -0.4 is 5.32 Å². The summed E-state index contributed by atoms with van der Waals surface area (Å²) in [6.07, 6.45) is 7.25. The number of carbonyl (C=O) groups is 1. The van der Waals surface area contributed by atoms with Crippen molar-refractivity contribution < 1.29 is 4.79 Å². The molecule has 0 aromatic heterocycles. The Balaban J connectivity index is 2.07. The van der Waals surface area contributed by atoms with E-state index in [4.69, 9.17) is 0 Å². The molecule has 0 aromatic carbocycles. The summed E-state index contributed by atoms with van der Waals surface area (Å²) in [4.78, 5) is 11.3. The number of amides is 1. The van der Waals surface area contributed by atoms with E-state index in [2.05, 4.69) is 5.32 Å². The molecule has 1 saturated carbocycles. The van der Waals surface area contributed by atoms with Gasteiger partial charge >= 0.3 is 0 Å². The maximum absolute atomic E-state index is 11.3. The minimum absolute atomic E-state index is 0.224. The standard InChI is InChI=1S/C11H21NO/c1-9(2)12-11(13)8-7-10-5-3-4-6-10/h9-10H,3-8H2,1-2H3,(H,12,13). The molecule has 1 aliphatic carbocycles. The molecule has 0 spiro atoms. The maximum Gasteiger partial charge on any atom is 0.220 e. The summed E-state index contributed by atoms with van der Waals surface area (Å²) in [6, 6.07) is 0.288. The van der Waals surface area contributed by atoms with Gasteiger partial charge in [0.15, 0.2) is 0 Å². The highest BCUT2D eigenvalue weighted by Gasteiger charge is 2.16. The van der Waals surface area contributed by atoms with Crippen molar-refractivity contribution in [3.05, 3.63) is 0 Å². The monoisotopic (exact) mass is 183 g/mol. The Hall–Kier alpha value is -0.530. The largest absolute Gasteiger partial charge is 0.354 e. The summed E-state index contributed by atoms with van der Waals surface area (Å²) in [7, 11) is 0. The number of hydrogen-bond donors (Lipinski definition) is 1. The molecule has 0 bridgehead atoms. The van der Waals surface area contributed by atoms with Crippen LogP contribution in [0.5, 0.6) is 0 Å². The molecule has 1 aliphatic rings. The van der Waals surface area contributed by atoms with Gasteiger partial charge in [0.25, 0.3) is 0 Å². The van der Waals surface area contributed by atoms with Gasteiger partial charge in [0, 0.05) is 12.5 Å². The fraction of sp³-hybridized carbons (Fsp3) is 0.909. The lowest BCUT2D eigenvalue weighted by Gasteiger charge is -2.10. The van der Waals surface area contributed by atoms with Crippen LogP contribution >= 0.6 is 0 Å². The third kappa shape index (κ3) is 4.30. The summed E-state index contributed by atoms with van der Waals surface area (Å²) in [5, 5.41) is 2.93. The molecule has 13 heavy (non-hydrogen) atoms. The molecule has 0 aromatic rings. The number of hydrogen-bond acceptors (Lipinski definition) is 1. The predicted molar refractivity (Wildman–Crippen MR) is 54.5 cm³/mol. The highest BCUT2D eigenvalue weighted by molar-refractivity contribution is 5.76. The molecule has 2 heteroatoms. The second-order valence-corrected chi connectivity index (χ2v) is 4.41. The van der Waals surface area contributed by atoms with Crippen LogP contribution in [0.15, 0.2) is 0 Å². The Morgan fingerprint density at radius 3 is 2.54 bits per heavy atom. The molecule has 1 N–H and O–H groups in total. The Morgan fingerprint density at radius 1 is 1.38 bits per heavy atom. The molecule has 76 valence electrons.